The summed E-state index contributed by atoms with van der Waals surface area (Å²) in [5.41, 5.74) is 0. The molecule has 1 rings (SSSR count). The summed E-state index contributed by atoms with van der Waals surface area (Å²) in [6.07, 6.45) is 0.798. The number of hydrogen-bond donors (Lipinski definition) is 0. The number of carbonyl (C=O) groups excluding carboxylic acids is 1. The van der Waals surface area contributed by atoms with Crippen LogP contribution in [0.4, 0.5) is 0 Å². The average molecular weight is 303 g/mol. The normalized spacial score (nSPS) is 14.4. The third-order valence-corrected chi connectivity index (χ3v) is 4.86. The van der Waals surface area contributed by atoms with Crippen LogP contribution < -0.4 is 0 Å². The lowest BCUT2D eigenvalue weighted by atomic mass is 10.1. The monoisotopic (exact) mass is 302 g/mol. The van der Waals surface area contributed by atoms with Gasteiger partial charge in [0.25, 0.3) is 0 Å². The van der Waals surface area contributed by atoms with Crippen LogP contribution in [0.3, 0.4) is 0 Å². The van der Waals surface area contributed by atoms with Crippen LogP contribution in [-0.4, -0.2) is 15.7 Å². The fraction of sp³-hybridized carbons (Fsp3) is 0.417. The van der Waals surface area contributed by atoms with Gasteiger partial charge in [0, 0.05) is 10.4 Å². The summed E-state index contributed by atoms with van der Waals surface area (Å²) in [5.74, 6) is 0.167. The van der Waals surface area contributed by atoms with Crippen molar-refractivity contribution in [2.24, 2.45) is 5.92 Å². The van der Waals surface area contributed by atoms with E-state index in [9.17, 15) is 9.00 Å². The predicted molar refractivity (Wildman–Crippen MR) is 69.9 cm³/mol. The van der Waals surface area contributed by atoms with Gasteiger partial charge in [-0.25, -0.2) is 0 Å². The molecule has 0 saturated carbocycles. The molecule has 0 aromatic heterocycles. The van der Waals surface area contributed by atoms with E-state index in [0.29, 0.717) is 4.90 Å². The number of Topliss-reactive ketones (excluding diaryl/α,β-unsaturated/α-hetero) is 1. The molecule has 1 aromatic rings. The van der Waals surface area contributed by atoms with Gasteiger partial charge < -0.3 is 0 Å². The summed E-state index contributed by atoms with van der Waals surface area (Å²) >= 11 is 3.34. The second kappa shape index (κ2) is 6.30. The first-order valence-electron chi connectivity index (χ1n) is 5.21. The van der Waals surface area contributed by atoms with Crippen LogP contribution in [-0.2, 0) is 15.6 Å². The smallest absolute Gasteiger partial charge is 0.148 e. The van der Waals surface area contributed by atoms with Gasteiger partial charge >= 0.3 is 0 Å². The van der Waals surface area contributed by atoms with E-state index in [2.05, 4.69) is 15.9 Å². The molecule has 0 amide bonds. The first-order chi connectivity index (χ1) is 7.56. The highest BCUT2D eigenvalue weighted by Crippen LogP contribution is 2.20. The molecule has 2 atom stereocenters. The van der Waals surface area contributed by atoms with Crippen LogP contribution in [0.2, 0.25) is 0 Å². The van der Waals surface area contributed by atoms with Gasteiger partial charge in [-0.3, -0.25) is 9.00 Å². The van der Waals surface area contributed by atoms with Crippen molar-refractivity contribution in [2.75, 3.05) is 5.75 Å². The molecule has 4 heteroatoms. The van der Waals surface area contributed by atoms with Gasteiger partial charge in [0.2, 0.25) is 0 Å². The first kappa shape index (κ1) is 13.6. The molecule has 0 radical (unpaired) electrons. The lowest BCUT2D eigenvalue weighted by Gasteiger charge is -2.08. The molecule has 0 fully saturated rings. The number of benzene rings is 1. The highest BCUT2D eigenvalue weighted by atomic mass is 79.9. The van der Waals surface area contributed by atoms with Gasteiger partial charge in [-0.2, -0.15) is 0 Å². The molecule has 16 heavy (non-hydrogen) atoms. The maximum Gasteiger partial charge on any atom is 0.148 e. The lowest BCUT2D eigenvalue weighted by Crippen LogP contribution is -2.18. The Bertz CT molecular complexity index is 404. The minimum absolute atomic E-state index is 0.00793. The van der Waals surface area contributed by atoms with Gasteiger partial charge in [0.05, 0.1) is 21.4 Å². The van der Waals surface area contributed by atoms with Gasteiger partial charge in [-0.15, -0.1) is 0 Å². The maximum absolute atomic E-state index is 12.0. The molecule has 0 heterocycles. The largest absolute Gasteiger partial charge is 0.298 e. The molecule has 2 unspecified atom stereocenters. The standard InChI is InChI=1S/C12H15BrO2S/c1-3-9(2)11(14)8-16(15)12-7-5-4-6-10(12)13/h4-7,9H,3,8H2,1-2H3. The quantitative estimate of drug-likeness (QED) is 0.837. The van der Waals surface area contributed by atoms with Crippen molar-refractivity contribution in [1.82, 2.24) is 0 Å². The Kier molecular flexibility index (Phi) is 5.35. The molecule has 88 valence electrons. The average Bonchev–Trinajstić information content (AvgIpc) is 2.28. The van der Waals surface area contributed by atoms with Gasteiger partial charge in [0.1, 0.15) is 5.78 Å². The summed E-state index contributed by atoms with van der Waals surface area (Å²) in [6.45, 7) is 3.84. The minimum atomic E-state index is -1.24. The molecule has 0 bridgehead atoms. The number of halogens is 1. The molecule has 0 saturated heterocycles. The molecular weight excluding hydrogens is 288 g/mol. The second-order valence-corrected chi connectivity index (χ2v) is 5.97. The van der Waals surface area contributed by atoms with E-state index in [-0.39, 0.29) is 17.5 Å². The molecule has 0 aliphatic heterocycles. The molecule has 1 aromatic carbocycles. The van der Waals surface area contributed by atoms with E-state index in [0.717, 1.165) is 10.9 Å². The Morgan fingerprint density at radius 1 is 1.44 bits per heavy atom. The van der Waals surface area contributed by atoms with Crippen LogP contribution in [0.1, 0.15) is 20.3 Å². The van der Waals surface area contributed by atoms with Gasteiger partial charge in [-0.1, -0.05) is 26.0 Å². The SMILES string of the molecule is CCC(C)C(=O)CS(=O)c1ccccc1Br. The predicted octanol–water partition coefficient (Wildman–Crippen LogP) is 3.17. The Morgan fingerprint density at radius 2 is 2.06 bits per heavy atom. The van der Waals surface area contributed by atoms with Crippen LogP contribution in [0.5, 0.6) is 0 Å². The molecular formula is C12H15BrO2S. The van der Waals surface area contributed by atoms with Crippen LogP contribution >= 0.6 is 15.9 Å². The van der Waals surface area contributed by atoms with Crippen molar-refractivity contribution in [3.8, 4) is 0 Å². The van der Waals surface area contributed by atoms with Crippen LogP contribution in [0, 0.1) is 5.92 Å². The fourth-order valence-electron chi connectivity index (χ4n) is 1.21. The van der Waals surface area contributed by atoms with Crippen molar-refractivity contribution in [3.63, 3.8) is 0 Å². The van der Waals surface area contributed by atoms with E-state index in [4.69, 9.17) is 0 Å². The van der Waals surface area contributed by atoms with E-state index in [1.807, 2.05) is 32.0 Å². The molecule has 0 aliphatic carbocycles. The summed E-state index contributed by atoms with van der Waals surface area (Å²) in [7, 11) is -1.24. The van der Waals surface area contributed by atoms with Crippen molar-refractivity contribution in [1.29, 1.82) is 0 Å². The number of carbonyl (C=O) groups is 1. The van der Waals surface area contributed by atoms with E-state index in [1.54, 1.807) is 6.07 Å². The summed E-state index contributed by atoms with van der Waals surface area (Å²) in [5, 5.41) is 0. The van der Waals surface area contributed by atoms with Gasteiger partial charge in [-0.05, 0) is 34.5 Å². The Balaban J connectivity index is 2.74. The third-order valence-electron chi connectivity index (χ3n) is 2.52. The zero-order valence-electron chi connectivity index (χ0n) is 9.40. The Morgan fingerprint density at radius 3 is 2.62 bits per heavy atom. The Labute approximate surface area is 107 Å². The summed E-state index contributed by atoms with van der Waals surface area (Å²) < 4.78 is 12.8. The number of rotatable bonds is 5. The highest BCUT2D eigenvalue weighted by Gasteiger charge is 2.16. The van der Waals surface area contributed by atoms with E-state index < -0.39 is 10.8 Å². The maximum atomic E-state index is 12.0. The van der Waals surface area contributed by atoms with Crippen molar-refractivity contribution in [3.05, 3.63) is 28.7 Å². The van der Waals surface area contributed by atoms with Crippen molar-refractivity contribution in [2.45, 2.75) is 25.2 Å². The van der Waals surface area contributed by atoms with Crippen LogP contribution in [0.25, 0.3) is 0 Å². The third kappa shape index (κ3) is 3.52. The first-order valence-corrected chi connectivity index (χ1v) is 7.33. The summed E-state index contributed by atoms with van der Waals surface area (Å²) in [6, 6.07) is 7.30. The molecule has 0 aliphatic rings. The zero-order chi connectivity index (χ0) is 12.1. The molecule has 0 N–H and O–H groups in total. The fourth-order valence-corrected chi connectivity index (χ4v) is 3.25. The van der Waals surface area contributed by atoms with Gasteiger partial charge in [0.15, 0.2) is 0 Å². The van der Waals surface area contributed by atoms with E-state index >= 15 is 0 Å². The number of ketones is 1. The topological polar surface area (TPSA) is 34.1 Å². The number of hydrogen-bond acceptors (Lipinski definition) is 2. The lowest BCUT2D eigenvalue weighted by molar-refractivity contribution is -0.119. The second-order valence-electron chi connectivity index (χ2n) is 3.70. The minimum Gasteiger partial charge on any atom is -0.298 e. The van der Waals surface area contributed by atoms with Crippen LogP contribution in [0.15, 0.2) is 33.6 Å². The van der Waals surface area contributed by atoms with Crippen molar-refractivity contribution >= 4 is 32.5 Å². The molecule has 2 nitrogen and oxygen atoms in total. The molecule has 0 spiro atoms. The summed E-state index contributed by atoms with van der Waals surface area (Å²) in [4.78, 5) is 12.4. The van der Waals surface area contributed by atoms with Crippen molar-refractivity contribution < 1.29 is 9.00 Å². The van der Waals surface area contributed by atoms with E-state index in [1.165, 1.54) is 0 Å². The zero-order valence-corrected chi connectivity index (χ0v) is 11.8. The highest BCUT2D eigenvalue weighted by molar-refractivity contribution is 9.10. The Hall–Kier alpha value is -0.480.